The molecule has 0 aromatic heterocycles. The highest BCUT2D eigenvalue weighted by Gasteiger charge is 2.13. The molecule has 1 aliphatic rings. The number of anilines is 1. The van der Waals surface area contributed by atoms with E-state index in [1.54, 1.807) is 30.3 Å². The summed E-state index contributed by atoms with van der Waals surface area (Å²) in [6.45, 7) is 1.22. The number of hydrogen-bond acceptors (Lipinski definition) is 3. The topological polar surface area (TPSA) is 67.4 Å². The zero-order valence-corrected chi connectivity index (χ0v) is 17.1. The third kappa shape index (κ3) is 5.39. The number of amides is 2. The largest absolute Gasteiger partial charge is 0.493 e. The predicted molar refractivity (Wildman–Crippen MR) is 122 cm³/mol. The lowest BCUT2D eigenvalue weighted by Gasteiger charge is -2.10. The minimum Gasteiger partial charge on any atom is -0.493 e. The van der Waals surface area contributed by atoms with Gasteiger partial charge in [0.1, 0.15) is 5.75 Å². The van der Waals surface area contributed by atoms with Crippen LogP contribution in [0.5, 0.6) is 5.75 Å². The Labute approximate surface area is 181 Å². The second-order valence-electron chi connectivity index (χ2n) is 7.33. The summed E-state index contributed by atoms with van der Waals surface area (Å²) < 4.78 is 5.51. The summed E-state index contributed by atoms with van der Waals surface area (Å²) in [5, 5.41) is 5.73. The molecule has 0 spiro atoms. The number of fused-ring (bicyclic) bond motifs is 1. The van der Waals surface area contributed by atoms with Crippen molar-refractivity contribution in [3.63, 3.8) is 0 Å². The van der Waals surface area contributed by atoms with Crippen LogP contribution in [0, 0.1) is 0 Å². The average Bonchev–Trinajstić information content (AvgIpc) is 3.27. The fourth-order valence-corrected chi connectivity index (χ4v) is 3.51. The molecule has 156 valence electrons. The Balaban J connectivity index is 1.36. The van der Waals surface area contributed by atoms with Gasteiger partial charge in [-0.3, -0.25) is 9.59 Å². The normalized spacial score (nSPS) is 12.3. The van der Waals surface area contributed by atoms with Crippen LogP contribution < -0.4 is 15.4 Å². The van der Waals surface area contributed by atoms with Gasteiger partial charge in [-0.05, 0) is 53.5 Å². The van der Waals surface area contributed by atoms with E-state index in [4.69, 9.17) is 4.74 Å². The van der Waals surface area contributed by atoms with Crippen LogP contribution in [0.15, 0.2) is 78.9 Å². The smallest absolute Gasteiger partial charge is 0.253 e. The molecule has 0 saturated heterocycles. The van der Waals surface area contributed by atoms with Crippen molar-refractivity contribution in [3.05, 3.63) is 101 Å². The number of nitrogens with one attached hydrogen (secondary N) is 2. The summed E-state index contributed by atoms with van der Waals surface area (Å²) in [5.74, 6) is 0.407. The lowest BCUT2D eigenvalue weighted by atomic mass is 10.1. The molecule has 4 rings (SSSR count). The highest BCUT2D eigenvalue weighted by molar-refractivity contribution is 6.07. The summed E-state index contributed by atoms with van der Waals surface area (Å²) in [6, 6.07) is 22.9. The lowest BCUT2D eigenvalue weighted by molar-refractivity contribution is -0.111. The van der Waals surface area contributed by atoms with Gasteiger partial charge in [-0.2, -0.15) is 0 Å². The van der Waals surface area contributed by atoms with Gasteiger partial charge in [-0.25, -0.2) is 0 Å². The zero-order chi connectivity index (χ0) is 21.5. The molecule has 0 aliphatic carbocycles. The second-order valence-corrected chi connectivity index (χ2v) is 7.33. The molecule has 5 heteroatoms. The van der Waals surface area contributed by atoms with Crippen molar-refractivity contribution in [2.75, 3.05) is 18.5 Å². The fourth-order valence-electron chi connectivity index (χ4n) is 3.51. The van der Waals surface area contributed by atoms with Crippen molar-refractivity contribution in [2.45, 2.75) is 12.8 Å². The lowest BCUT2D eigenvalue weighted by Crippen LogP contribution is -2.27. The number of rotatable bonds is 7. The van der Waals surface area contributed by atoms with Crippen molar-refractivity contribution in [1.82, 2.24) is 5.32 Å². The summed E-state index contributed by atoms with van der Waals surface area (Å²) in [6.07, 6.45) is 4.86. The molecule has 2 N–H and O–H groups in total. The average molecular weight is 412 g/mol. The maximum Gasteiger partial charge on any atom is 0.253 e. The van der Waals surface area contributed by atoms with E-state index in [-0.39, 0.29) is 11.8 Å². The number of ether oxygens (including phenoxy) is 1. The Morgan fingerprint density at radius 2 is 1.77 bits per heavy atom. The standard InChI is InChI=1S/C26H24N2O3/c29-25(13-11-20-10-12-24-21(18-20)15-17-31-24)28-23-9-5-4-8-22(23)26(30)27-16-14-19-6-2-1-3-7-19/h1-13,18H,14-17H2,(H,27,30)(H,28,29)/b13-11+. The summed E-state index contributed by atoms with van der Waals surface area (Å²) in [4.78, 5) is 25.1. The molecule has 1 heterocycles. The SMILES string of the molecule is O=C(/C=C/c1ccc2c(c1)CCO2)Nc1ccccc1C(=O)NCCc1ccccc1. The maximum atomic E-state index is 12.6. The second kappa shape index (κ2) is 9.76. The van der Waals surface area contributed by atoms with Gasteiger partial charge in [0, 0.05) is 19.0 Å². The van der Waals surface area contributed by atoms with E-state index in [2.05, 4.69) is 10.6 Å². The number of carbonyl (C=O) groups excluding carboxylic acids is 2. The van der Waals surface area contributed by atoms with Gasteiger partial charge in [0.25, 0.3) is 5.91 Å². The van der Waals surface area contributed by atoms with Crippen LogP contribution in [0.3, 0.4) is 0 Å². The fraction of sp³-hybridized carbons (Fsp3) is 0.154. The quantitative estimate of drug-likeness (QED) is 0.570. The first-order valence-corrected chi connectivity index (χ1v) is 10.3. The Hall–Kier alpha value is -3.86. The Bertz CT molecular complexity index is 1110. The van der Waals surface area contributed by atoms with E-state index < -0.39 is 0 Å². The van der Waals surface area contributed by atoms with Crippen molar-refractivity contribution in [3.8, 4) is 5.75 Å². The Morgan fingerprint density at radius 1 is 0.968 bits per heavy atom. The van der Waals surface area contributed by atoms with Crippen LogP contribution >= 0.6 is 0 Å². The molecule has 0 fully saturated rings. The van der Waals surface area contributed by atoms with Gasteiger partial charge in [0.2, 0.25) is 5.91 Å². The minimum absolute atomic E-state index is 0.213. The predicted octanol–water partition coefficient (Wildman–Crippen LogP) is 4.25. The number of benzene rings is 3. The number of hydrogen-bond donors (Lipinski definition) is 2. The van der Waals surface area contributed by atoms with E-state index in [1.165, 1.54) is 6.08 Å². The molecule has 0 bridgehead atoms. The summed E-state index contributed by atoms with van der Waals surface area (Å²) in [5.41, 5.74) is 4.17. The van der Waals surface area contributed by atoms with Crippen LogP contribution in [0.1, 0.15) is 27.0 Å². The Kier molecular flexibility index (Phi) is 6.43. The third-order valence-corrected chi connectivity index (χ3v) is 5.11. The van der Waals surface area contributed by atoms with Gasteiger partial charge in [0.05, 0.1) is 17.9 Å². The van der Waals surface area contributed by atoms with E-state index in [9.17, 15) is 9.59 Å². The van der Waals surface area contributed by atoms with Gasteiger partial charge in [-0.1, -0.05) is 48.5 Å². The minimum atomic E-state index is -0.290. The van der Waals surface area contributed by atoms with E-state index in [0.717, 1.165) is 35.3 Å². The van der Waals surface area contributed by atoms with Gasteiger partial charge >= 0.3 is 0 Å². The molecule has 3 aromatic carbocycles. The first-order valence-electron chi connectivity index (χ1n) is 10.3. The van der Waals surface area contributed by atoms with E-state index >= 15 is 0 Å². The molecule has 0 atom stereocenters. The van der Waals surface area contributed by atoms with Gasteiger partial charge < -0.3 is 15.4 Å². The van der Waals surface area contributed by atoms with Gasteiger partial charge in [-0.15, -0.1) is 0 Å². The molecule has 0 unspecified atom stereocenters. The van der Waals surface area contributed by atoms with Crippen LogP contribution in [0.2, 0.25) is 0 Å². The number of carbonyl (C=O) groups is 2. The molecule has 2 amide bonds. The summed E-state index contributed by atoms with van der Waals surface area (Å²) in [7, 11) is 0. The van der Waals surface area contributed by atoms with Gasteiger partial charge in [0.15, 0.2) is 0 Å². The molecular formula is C26H24N2O3. The highest BCUT2D eigenvalue weighted by Crippen LogP contribution is 2.26. The van der Waals surface area contributed by atoms with Crippen molar-refractivity contribution in [2.24, 2.45) is 0 Å². The zero-order valence-electron chi connectivity index (χ0n) is 17.1. The van der Waals surface area contributed by atoms with E-state index in [0.29, 0.717) is 24.4 Å². The van der Waals surface area contributed by atoms with Crippen LogP contribution in [-0.2, 0) is 17.6 Å². The van der Waals surface area contributed by atoms with E-state index in [1.807, 2.05) is 48.5 Å². The maximum absolute atomic E-state index is 12.6. The van der Waals surface area contributed by atoms with Crippen molar-refractivity contribution >= 4 is 23.6 Å². The van der Waals surface area contributed by atoms with Crippen LogP contribution in [0.4, 0.5) is 5.69 Å². The third-order valence-electron chi connectivity index (χ3n) is 5.11. The molecule has 1 aliphatic heterocycles. The number of para-hydroxylation sites is 1. The van der Waals surface area contributed by atoms with Crippen LogP contribution in [0.25, 0.3) is 6.08 Å². The summed E-state index contributed by atoms with van der Waals surface area (Å²) >= 11 is 0. The molecule has 5 nitrogen and oxygen atoms in total. The molecule has 0 radical (unpaired) electrons. The molecular weight excluding hydrogens is 388 g/mol. The molecule has 0 saturated carbocycles. The monoisotopic (exact) mass is 412 g/mol. The van der Waals surface area contributed by atoms with Crippen molar-refractivity contribution in [1.29, 1.82) is 0 Å². The molecule has 3 aromatic rings. The first kappa shape index (κ1) is 20.4. The molecule has 31 heavy (non-hydrogen) atoms. The first-order chi connectivity index (χ1) is 15.2. The van der Waals surface area contributed by atoms with Crippen LogP contribution in [-0.4, -0.2) is 25.0 Å². The Morgan fingerprint density at radius 3 is 2.65 bits per heavy atom. The highest BCUT2D eigenvalue weighted by atomic mass is 16.5. The van der Waals surface area contributed by atoms with Crippen molar-refractivity contribution < 1.29 is 14.3 Å².